The Bertz CT molecular complexity index is 620. The zero-order valence-electron chi connectivity index (χ0n) is 11.5. The van der Waals surface area contributed by atoms with Crippen LogP contribution in [0.5, 0.6) is 0 Å². The molecule has 2 N–H and O–H groups in total. The molecule has 1 amide bonds. The van der Waals surface area contributed by atoms with Crippen molar-refractivity contribution >= 4 is 33.5 Å². The smallest absolute Gasteiger partial charge is 0.307 e. The predicted octanol–water partition coefficient (Wildman–Crippen LogP) is 3.22. The van der Waals surface area contributed by atoms with Gasteiger partial charge in [-0.25, -0.2) is 0 Å². The Morgan fingerprint density at radius 2 is 1.86 bits per heavy atom. The minimum Gasteiger partial charge on any atom is -0.481 e. The highest BCUT2D eigenvalue weighted by atomic mass is 79.9. The van der Waals surface area contributed by atoms with Crippen LogP contribution in [0.3, 0.4) is 0 Å². The molecule has 0 heterocycles. The molecule has 2 aliphatic rings. The van der Waals surface area contributed by atoms with Crippen LogP contribution in [0.2, 0.25) is 0 Å². The van der Waals surface area contributed by atoms with E-state index in [1.54, 1.807) is 0 Å². The third-order valence-electron chi connectivity index (χ3n) is 4.36. The summed E-state index contributed by atoms with van der Waals surface area (Å²) in [6, 6.07) is 5.65. The van der Waals surface area contributed by atoms with Crippen LogP contribution < -0.4 is 5.32 Å². The number of carbonyl (C=O) groups is 2. The van der Waals surface area contributed by atoms with Gasteiger partial charge in [0.1, 0.15) is 0 Å². The molecule has 1 fully saturated rings. The van der Waals surface area contributed by atoms with Gasteiger partial charge >= 0.3 is 5.97 Å². The summed E-state index contributed by atoms with van der Waals surface area (Å²) in [6.45, 7) is 1.95. The Balaban J connectivity index is 1.82. The number of carbonyl (C=O) groups excluding carboxylic acids is 1. The van der Waals surface area contributed by atoms with Gasteiger partial charge in [-0.05, 0) is 48.9 Å². The number of anilines is 1. The molecule has 3 rings (SSSR count). The summed E-state index contributed by atoms with van der Waals surface area (Å²) in [5.74, 6) is -2.11. The van der Waals surface area contributed by atoms with Crippen molar-refractivity contribution < 1.29 is 14.7 Å². The first-order valence-electron chi connectivity index (χ1n) is 6.95. The standard InChI is InChI=1S/C16H16BrNO3/c1-8-4-11(17)7-12(5-8)18-15(19)13-9-2-3-10(6-9)14(13)16(20)21/h2-5,7,9-10,13-14H,6H2,1H3,(H,18,19)(H,20,21)/t9?,10?,13-,14+/m0/s1. The van der Waals surface area contributed by atoms with E-state index in [1.807, 2.05) is 37.3 Å². The lowest BCUT2D eigenvalue weighted by molar-refractivity contribution is -0.146. The molecule has 5 heteroatoms. The third kappa shape index (κ3) is 2.62. The average Bonchev–Trinajstić information content (AvgIpc) is 2.96. The number of fused-ring (bicyclic) bond motifs is 2. The van der Waals surface area contributed by atoms with E-state index in [1.165, 1.54) is 0 Å². The molecule has 1 aromatic carbocycles. The molecule has 4 atom stereocenters. The number of carboxylic acids is 1. The summed E-state index contributed by atoms with van der Waals surface area (Å²) in [5.41, 5.74) is 1.73. The summed E-state index contributed by atoms with van der Waals surface area (Å²) >= 11 is 3.40. The van der Waals surface area contributed by atoms with Crippen LogP contribution in [0.1, 0.15) is 12.0 Å². The van der Waals surface area contributed by atoms with E-state index in [-0.39, 0.29) is 17.7 Å². The number of hydrogen-bond acceptors (Lipinski definition) is 2. The second kappa shape index (κ2) is 5.30. The molecule has 2 bridgehead atoms. The van der Waals surface area contributed by atoms with Crippen molar-refractivity contribution in [3.63, 3.8) is 0 Å². The van der Waals surface area contributed by atoms with Gasteiger partial charge in [0.15, 0.2) is 0 Å². The van der Waals surface area contributed by atoms with Crippen molar-refractivity contribution in [2.45, 2.75) is 13.3 Å². The lowest BCUT2D eigenvalue weighted by Gasteiger charge is -2.24. The highest BCUT2D eigenvalue weighted by Crippen LogP contribution is 2.48. The highest BCUT2D eigenvalue weighted by molar-refractivity contribution is 9.10. The fraction of sp³-hybridized carbons (Fsp3) is 0.375. The van der Waals surface area contributed by atoms with E-state index in [9.17, 15) is 14.7 Å². The topological polar surface area (TPSA) is 66.4 Å². The third-order valence-corrected chi connectivity index (χ3v) is 4.81. The Morgan fingerprint density at radius 3 is 2.48 bits per heavy atom. The quantitative estimate of drug-likeness (QED) is 0.823. The monoisotopic (exact) mass is 349 g/mol. The van der Waals surface area contributed by atoms with Gasteiger partial charge in [0.05, 0.1) is 11.8 Å². The van der Waals surface area contributed by atoms with Gasteiger partial charge in [0.25, 0.3) is 0 Å². The zero-order chi connectivity index (χ0) is 15.1. The fourth-order valence-corrected chi connectivity index (χ4v) is 4.16. The highest BCUT2D eigenvalue weighted by Gasteiger charge is 2.51. The van der Waals surface area contributed by atoms with Crippen LogP contribution in [0.15, 0.2) is 34.8 Å². The van der Waals surface area contributed by atoms with Gasteiger partial charge in [-0.2, -0.15) is 0 Å². The van der Waals surface area contributed by atoms with E-state index in [0.717, 1.165) is 16.5 Å². The van der Waals surface area contributed by atoms with Crippen molar-refractivity contribution in [2.24, 2.45) is 23.7 Å². The van der Waals surface area contributed by atoms with Crippen LogP contribution in [0.25, 0.3) is 0 Å². The largest absolute Gasteiger partial charge is 0.481 e. The normalized spacial score (nSPS) is 29.6. The number of benzene rings is 1. The Labute approximate surface area is 131 Å². The summed E-state index contributed by atoms with van der Waals surface area (Å²) in [5, 5.41) is 12.3. The van der Waals surface area contributed by atoms with E-state index in [0.29, 0.717) is 5.69 Å². The van der Waals surface area contributed by atoms with Gasteiger partial charge in [-0.1, -0.05) is 28.1 Å². The van der Waals surface area contributed by atoms with Crippen molar-refractivity contribution in [3.05, 3.63) is 40.4 Å². The van der Waals surface area contributed by atoms with Crippen LogP contribution in [0.4, 0.5) is 5.69 Å². The van der Waals surface area contributed by atoms with E-state index < -0.39 is 17.8 Å². The molecular weight excluding hydrogens is 334 g/mol. The molecule has 1 saturated carbocycles. The zero-order valence-corrected chi connectivity index (χ0v) is 13.1. The average molecular weight is 350 g/mol. The molecule has 0 saturated heterocycles. The number of hydrogen-bond donors (Lipinski definition) is 2. The molecule has 0 radical (unpaired) electrons. The van der Waals surface area contributed by atoms with Crippen LogP contribution >= 0.6 is 15.9 Å². The van der Waals surface area contributed by atoms with Crippen molar-refractivity contribution in [1.29, 1.82) is 0 Å². The number of allylic oxidation sites excluding steroid dienone is 2. The molecule has 1 aromatic rings. The number of aliphatic carboxylic acids is 1. The minimum atomic E-state index is -0.877. The van der Waals surface area contributed by atoms with Crippen LogP contribution in [-0.2, 0) is 9.59 Å². The molecular formula is C16H16BrNO3. The SMILES string of the molecule is Cc1cc(Br)cc(NC(=O)[C@H]2C3C=CC(C3)[C@H]2C(=O)O)c1. The van der Waals surface area contributed by atoms with Crippen molar-refractivity contribution in [2.75, 3.05) is 5.32 Å². The van der Waals surface area contributed by atoms with Gasteiger partial charge in [0, 0.05) is 10.2 Å². The number of rotatable bonds is 3. The fourth-order valence-electron chi connectivity index (χ4n) is 3.55. The first kappa shape index (κ1) is 14.3. The van der Waals surface area contributed by atoms with E-state index in [4.69, 9.17) is 0 Å². The number of aryl methyl sites for hydroxylation is 1. The minimum absolute atomic E-state index is 0.00695. The molecule has 0 aliphatic heterocycles. The van der Waals surface area contributed by atoms with Gasteiger partial charge in [0.2, 0.25) is 5.91 Å². The van der Waals surface area contributed by atoms with Crippen molar-refractivity contribution in [1.82, 2.24) is 0 Å². The van der Waals surface area contributed by atoms with Gasteiger partial charge in [-0.3, -0.25) is 9.59 Å². The number of halogens is 1. The molecule has 2 aliphatic carbocycles. The first-order chi connectivity index (χ1) is 9.95. The Morgan fingerprint density at radius 1 is 1.19 bits per heavy atom. The maximum atomic E-state index is 12.5. The van der Waals surface area contributed by atoms with Crippen LogP contribution in [-0.4, -0.2) is 17.0 Å². The molecule has 0 spiro atoms. The first-order valence-corrected chi connectivity index (χ1v) is 7.74. The number of amides is 1. The summed E-state index contributed by atoms with van der Waals surface area (Å²) in [6.07, 6.45) is 4.70. The number of carboxylic acid groups (broad SMARTS) is 1. The maximum absolute atomic E-state index is 12.5. The second-order valence-electron chi connectivity index (χ2n) is 5.84. The Hall–Kier alpha value is -1.62. The van der Waals surface area contributed by atoms with E-state index in [2.05, 4.69) is 21.2 Å². The molecule has 0 aromatic heterocycles. The van der Waals surface area contributed by atoms with Gasteiger partial charge < -0.3 is 10.4 Å². The number of nitrogens with one attached hydrogen (secondary N) is 1. The lowest BCUT2D eigenvalue weighted by atomic mass is 9.82. The second-order valence-corrected chi connectivity index (χ2v) is 6.76. The summed E-state index contributed by atoms with van der Waals surface area (Å²) in [7, 11) is 0. The van der Waals surface area contributed by atoms with Crippen molar-refractivity contribution in [3.8, 4) is 0 Å². The lowest BCUT2D eigenvalue weighted by Crippen LogP contribution is -2.36. The molecule has 2 unspecified atom stereocenters. The van der Waals surface area contributed by atoms with Crippen LogP contribution in [0, 0.1) is 30.6 Å². The summed E-state index contributed by atoms with van der Waals surface area (Å²) < 4.78 is 0.889. The summed E-state index contributed by atoms with van der Waals surface area (Å²) in [4.78, 5) is 24.0. The van der Waals surface area contributed by atoms with E-state index >= 15 is 0 Å². The molecule has 4 nitrogen and oxygen atoms in total. The maximum Gasteiger partial charge on any atom is 0.307 e. The predicted molar refractivity (Wildman–Crippen MR) is 82.9 cm³/mol. The molecule has 110 valence electrons. The molecule has 21 heavy (non-hydrogen) atoms. The Kier molecular flexibility index (Phi) is 3.61. The van der Waals surface area contributed by atoms with Gasteiger partial charge in [-0.15, -0.1) is 0 Å².